The summed E-state index contributed by atoms with van der Waals surface area (Å²) in [4.78, 5) is 0. The fourth-order valence-electron chi connectivity index (χ4n) is 1.88. The predicted octanol–water partition coefficient (Wildman–Crippen LogP) is 3.37. The van der Waals surface area contributed by atoms with E-state index in [1.165, 1.54) is 5.56 Å². The Morgan fingerprint density at radius 1 is 0.889 bits per heavy atom. The smallest absolute Gasteiger partial charge is 0.147 e. The Labute approximate surface area is 108 Å². The molecule has 18 heavy (non-hydrogen) atoms. The van der Waals surface area contributed by atoms with Crippen molar-refractivity contribution in [3.63, 3.8) is 0 Å². The summed E-state index contributed by atoms with van der Waals surface area (Å²) in [5.74, 6) is 0.838. The highest BCUT2D eigenvalue weighted by atomic mass is 16.5. The quantitative estimate of drug-likeness (QED) is 0.787. The largest absolute Gasteiger partial charge is 0.476 e. The Morgan fingerprint density at radius 3 is 2.17 bits per heavy atom. The highest BCUT2D eigenvalue weighted by Gasteiger charge is 2.03. The zero-order valence-electron chi connectivity index (χ0n) is 10.5. The van der Waals surface area contributed by atoms with Crippen LogP contribution >= 0.6 is 0 Å². The Morgan fingerprint density at radius 2 is 1.50 bits per heavy atom. The van der Waals surface area contributed by atoms with Gasteiger partial charge >= 0.3 is 0 Å². The Bertz CT molecular complexity index is 441. The van der Waals surface area contributed by atoms with E-state index in [1.54, 1.807) is 0 Å². The van der Waals surface area contributed by atoms with Crippen molar-refractivity contribution >= 4 is 0 Å². The van der Waals surface area contributed by atoms with E-state index in [0.29, 0.717) is 0 Å². The average Bonchev–Trinajstić information content (AvgIpc) is 2.41. The van der Waals surface area contributed by atoms with Crippen molar-refractivity contribution in [3.05, 3.63) is 66.2 Å². The highest BCUT2D eigenvalue weighted by molar-refractivity contribution is 5.21. The molecule has 0 radical (unpaired) electrons. The topological polar surface area (TPSA) is 35.2 Å². The van der Waals surface area contributed by atoms with E-state index in [4.69, 9.17) is 10.5 Å². The zero-order valence-corrected chi connectivity index (χ0v) is 10.5. The molecule has 94 valence electrons. The van der Waals surface area contributed by atoms with Crippen molar-refractivity contribution in [3.8, 4) is 5.75 Å². The molecular formula is C16H19NO. The van der Waals surface area contributed by atoms with Gasteiger partial charge in [-0.15, -0.1) is 0 Å². The van der Waals surface area contributed by atoms with Crippen LogP contribution in [0.4, 0.5) is 0 Å². The Hall–Kier alpha value is -1.80. The number of nitrogens with two attached hydrogens (primary N) is 1. The summed E-state index contributed by atoms with van der Waals surface area (Å²) >= 11 is 0. The van der Waals surface area contributed by atoms with E-state index in [0.717, 1.165) is 25.0 Å². The van der Waals surface area contributed by atoms with Gasteiger partial charge in [0.05, 0.1) is 0 Å². The molecule has 0 spiro atoms. The summed E-state index contributed by atoms with van der Waals surface area (Å²) in [7, 11) is 0. The molecule has 2 aromatic carbocycles. The minimum Gasteiger partial charge on any atom is -0.476 e. The molecule has 0 unspecified atom stereocenters. The van der Waals surface area contributed by atoms with Crippen molar-refractivity contribution in [1.29, 1.82) is 0 Å². The maximum absolute atomic E-state index is 5.95. The Balaban J connectivity index is 1.71. The molecule has 0 saturated heterocycles. The molecule has 2 nitrogen and oxygen atoms in total. The van der Waals surface area contributed by atoms with E-state index in [-0.39, 0.29) is 6.23 Å². The molecule has 2 N–H and O–H groups in total. The first-order chi connectivity index (χ1) is 8.84. The van der Waals surface area contributed by atoms with Crippen LogP contribution in [0.25, 0.3) is 0 Å². The van der Waals surface area contributed by atoms with Crippen LogP contribution < -0.4 is 10.5 Å². The van der Waals surface area contributed by atoms with Gasteiger partial charge in [-0.25, -0.2) is 0 Å². The first-order valence-electron chi connectivity index (χ1n) is 6.36. The number of rotatable bonds is 6. The van der Waals surface area contributed by atoms with Gasteiger partial charge in [-0.05, 0) is 37.0 Å². The molecule has 0 aliphatic rings. The fraction of sp³-hybridized carbons (Fsp3) is 0.250. The van der Waals surface area contributed by atoms with Gasteiger partial charge in [0.1, 0.15) is 12.0 Å². The second-order valence-corrected chi connectivity index (χ2v) is 4.35. The molecule has 0 saturated carbocycles. The summed E-state index contributed by atoms with van der Waals surface area (Å²) in [6, 6.07) is 20.2. The lowest BCUT2D eigenvalue weighted by molar-refractivity contribution is 0.196. The van der Waals surface area contributed by atoms with Gasteiger partial charge in [0.25, 0.3) is 0 Å². The van der Waals surface area contributed by atoms with Crippen LogP contribution in [-0.4, -0.2) is 6.23 Å². The van der Waals surface area contributed by atoms with Crippen LogP contribution in [0.5, 0.6) is 5.75 Å². The number of hydrogen-bond donors (Lipinski definition) is 1. The third-order valence-corrected chi connectivity index (χ3v) is 2.83. The SMILES string of the molecule is N[C@@H](CCCc1ccccc1)Oc1ccccc1. The van der Waals surface area contributed by atoms with Crippen molar-refractivity contribution < 1.29 is 4.74 Å². The summed E-state index contributed by atoms with van der Waals surface area (Å²) in [6.45, 7) is 0. The first kappa shape index (κ1) is 12.7. The molecule has 0 heterocycles. The third kappa shape index (κ3) is 4.22. The van der Waals surface area contributed by atoms with Gasteiger partial charge in [0, 0.05) is 0 Å². The van der Waals surface area contributed by atoms with Crippen molar-refractivity contribution in [1.82, 2.24) is 0 Å². The second kappa shape index (κ2) is 6.82. The average molecular weight is 241 g/mol. The number of hydrogen-bond acceptors (Lipinski definition) is 2. The van der Waals surface area contributed by atoms with Crippen LogP contribution in [0.2, 0.25) is 0 Å². The van der Waals surface area contributed by atoms with Gasteiger partial charge in [-0.2, -0.15) is 0 Å². The molecule has 2 aromatic rings. The van der Waals surface area contributed by atoms with E-state index in [1.807, 2.05) is 36.4 Å². The highest BCUT2D eigenvalue weighted by Crippen LogP contribution is 2.12. The molecule has 0 aliphatic carbocycles. The van der Waals surface area contributed by atoms with E-state index >= 15 is 0 Å². The lowest BCUT2D eigenvalue weighted by Crippen LogP contribution is -2.27. The maximum atomic E-state index is 5.95. The number of aryl methyl sites for hydroxylation is 1. The lowest BCUT2D eigenvalue weighted by Gasteiger charge is -2.14. The molecule has 0 bridgehead atoms. The summed E-state index contributed by atoms with van der Waals surface area (Å²) < 4.78 is 5.63. The monoisotopic (exact) mass is 241 g/mol. The normalized spacial score (nSPS) is 12.1. The number of benzene rings is 2. The first-order valence-corrected chi connectivity index (χ1v) is 6.36. The van der Waals surface area contributed by atoms with E-state index in [2.05, 4.69) is 24.3 Å². The van der Waals surface area contributed by atoms with E-state index < -0.39 is 0 Å². The van der Waals surface area contributed by atoms with Crippen LogP contribution in [0, 0.1) is 0 Å². The van der Waals surface area contributed by atoms with Gasteiger partial charge in [0.2, 0.25) is 0 Å². The Kier molecular flexibility index (Phi) is 4.79. The molecule has 0 fully saturated rings. The van der Waals surface area contributed by atoms with Crippen LogP contribution in [-0.2, 0) is 6.42 Å². The van der Waals surface area contributed by atoms with Gasteiger partial charge < -0.3 is 4.74 Å². The molecule has 2 rings (SSSR count). The van der Waals surface area contributed by atoms with Gasteiger partial charge in [-0.3, -0.25) is 5.73 Å². The standard InChI is InChI=1S/C16H19NO/c17-16(18-15-11-5-2-6-12-15)13-7-10-14-8-3-1-4-9-14/h1-6,8-9,11-12,16H,7,10,13,17H2/t16-/m1/s1. The van der Waals surface area contributed by atoms with Gasteiger partial charge in [-0.1, -0.05) is 48.5 Å². The molecular weight excluding hydrogens is 222 g/mol. The van der Waals surface area contributed by atoms with Crippen LogP contribution in [0.15, 0.2) is 60.7 Å². The zero-order chi connectivity index (χ0) is 12.6. The number of ether oxygens (including phenoxy) is 1. The van der Waals surface area contributed by atoms with Crippen molar-refractivity contribution in [2.75, 3.05) is 0 Å². The van der Waals surface area contributed by atoms with Crippen LogP contribution in [0.1, 0.15) is 18.4 Å². The lowest BCUT2D eigenvalue weighted by atomic mass is 10.1. The minimum atomic E-state index is -0.226. The van der Waals surface area contributed by atoms with Crippen LogP contribution in [0.3, 0.4) is 0 Å². The molecule has 2 heteroatoms. The molecule has 0 aromatic heterocycles. The van der Waals surface area contributed by atoms with Gasteiger partial charge in [0.15, 0.2) is 0 Å². The molecule has 0 aliphatic heterocycles. The van der Waals surface area contributed by atoms with Crippen molar-refractivity contribution in [2.24, 2.45) is 5.73 Å². The summed E-state index contributed by atoms with van der Waals surface area (Å²) in [5.41, 5.74) is 7.30. The second-order valence-electron chi connectivity index (χ2n) is 4.35. The van der Waals surface area contributed by atoms with E-state index in [9.17, 15) is 0 Å². The summed E-state index contributed by atoms with van der Waals surface area (Å²) in [6.07, 6.45) is 2.73. The minimum absolute atomic E-state index is 0.226. The molecule has 1 atom stereocenters. The van der Waals surface area contributed by atoms with Crippen molar-refractivity contribution in [2.45, 2.75) is 25.5 Å². The number of para-hydroxylation sites is 1. The fourth-order valence-corrected chi connectivity index (χ4v) is 1.88. The summed E-state index contributed by atoms with van der Waals surface area (Å²) in [5, 5.41) is 0. The molecule has 0 amide bonds. The predicted molar refractivity (Wildman–Crippen MR) is 74.4 cm³/mol. The third-order valence-electron chi connectivity index (χ3n) is 2.83. The maximum Gasteiger partial charge on any atom is 0.147 e.